The zero-order valence-electron chi connectivity index (χ0n) is 6.53. The molecule has 0 heterocycles. The van der Waals surface area contributed by atoms with Gasteiger partial charge in [0.1, 0.15) is 0 Å². The van der Waals surface area contributed by atoms with E-state index in [4.69, 9.17) is 20.4 Å². The lowest BCUT2D eigenvalue weighted by Crippen LogP contribution is -2.26. The molecule has 0 saturated carbocycles. The number of aliphatic hydroxyl groups excluding tert-OH is 1. The highest BCUT2D eigenvalue weighted by molar-refractivity contribution is 4.49. The number of aliphatic hydroxyl groups is 4. The van der Waals surface area contributed by atoms with Gasteiger partial charge in [-0.05, 0) is 12.8 Å². The van der Waals surface area contributed by atoms with Gasteiger partial charge in [0.25, 0.3) is 5.97 Å². The second-order valence-electron chi connectivity index (χ2n) is 2.66. The van der Waals surface area contributed by atoms with E-state index in [0.29, 0.717) is 6.42 Å². The monoisotopic (exact) mass is 164 g/mol. The maximum Gasteiger partial charge on any atom is 0.275 e. The number of hydrogen-bond donors (Lipinski definition) is 4. The molecule has 0 radical (unpaired) electrons. The molecule has 4 heteroatoms. The summed E-state index contributed by atoms with van der Waals surface area (Å²) in [6.45, 7) is 0.169. The van der Waals surface area contributed by atoms with Gasteiger partial charge in [0.15, 0.2) is 0 Å². The lowest BCUT2D eigenvalue weighted by atomic mass is 10.1. The Morgan fingerprint density at radius 1 is 0.818 bits per heavy atom. The Labute approximate surface area is 66.1 Å². The molecule has 0 aromatic rings. The zero-order chi connectivity index (χ0) is 8.74. The minimum Gasteiger partial charge on any atom is -0.396 e. The van der Waals surface area contributed by atoms with Crippen LogP contribution in [-0.4, -0.2) is 33.0 Å². The van der Waals surface area contributed by atoms with E-state index < -0.39 is 5.97 Å². The van der Waals surface area contributed by atoms with E-state index in [0.717, 1.165) is 19.3 Å². The fourth-order valence-corrected chi connectivity index (χ4v) is 0.828. The van der Waals surface area contributed by atoms with E-state index in [1.54, 1.807) is 0 Å². The molecule has 0 rings (SSSR count). The van der Waals surface area contributed by atoms with Gasteiger partial charge in [-0.1, -0.05) is 12.8 Å². The maximum atomic E-state index is 8.44. The number of hydrogen-bond acceptors (Lipinski definition) is 4. The lowest BCUT2D eigenvalue weighted by molar-refractivity contribution is -0.315. The van der Waals surface area contributed by atoms with E-state index in [1.165, 1.54) is 0 Å². The Hall–Kier alpha value is -0.160. The third kappa shape index (κ3) is 9.84. The standard InChI is InChI=1S/C7H16O4/c8-6-4-2-1-3-5-7(9,10)11/h8-11H,1-6H2. The minimum absolute atomic E-state index is 0.0293. The highest BCUT2D eigenvalue weighted by Gasteiger charge is 2.16. The second kappa shape index (κ2) is 5.49. The first-order valence-electron chi connectivity index (χ1n) is 3.84. The summed E-state index contributed by atoms with van der Waals surface area (Å²) in [5, 5.41) is 33.7. The maximum absolute atomic E-state index is 8.44. The third-order valence-electron chi connectivity index (χ3n) is 1.42. The van der Waals surface area contributed by atoms with Crippen LogP contribution in [0.3, 0.4) is 0 Å². The molecular formula is C7H16O4. The van der Waals surface area contributed by atoms with Crippen molar-refractivity contribution in [1.29, 1.82) is 0 Å². The van der Waals surface area contributed by atoms with Crippen molar-refractivity contribution in [1.82, 2.24) is 0 Å². The zero-order valence-corrected chi connectivity index (χ0v) is 6.53. The van der Waals surface area contributed by atoms with Crippen molar-refractivity contribution >= 4 is 0 Å². The molecule has 0 aliphatic rings. The Morgan fingerprint density at radius 2 is 1.36 bits per heavy atom. The van der Waals surface area contributed by atoms with Crippen molar-refractivity contribution in [3.05, 3.63) is 0 Å². The first-order valence-corrected chi connectivity index (χ1v) is 3.84. The molecule has 0 fully saturated rings. The van der Waals surface area contributed by atoms with Crippen molar-refractivity contribution in [2.45, 2.75) is 38.1 Å². The van der Waals surface area contributed by atoms with E-state index in [2.05, 4.69) is 0 Å². The second-order valence-corrected chi connectivity index (χ2v) is 2.66. The molecule has 68 valence electrons. The summed E-state index contributed by atoms with van der Waals surface area (Å²) in [6.07, 6.45) is 2.91. The van der Waals surface area contributed by atoms with Crippen molar-refractivity contribution in [3.8, 4) is 0 Å². The van der Waals surface area contributed by atoms with Crippen LogP contribution < -0.4 is 0 Å². The fraction of sp³-hybridized carbons (Fsp3) is 1.00. The van der Waals surface area contributed by atoms with Crippen LogP contribution in [0.5, 0.6) is 0 Å². The highest BCUT2D eigenvalue weighted by atomic mass is 16.7. The summed E-state index contributed by atoms with van der Waals surface area (Å²) in [5.74, 6) is -2.51. The molecule has 4 N–H and O–H groups in total. The molecule has 0 aliphatic carbocycles. The molecule has 0 spiro atoms. The Bertz CT molecular complexity index is 86.9. The van der Waals surface area contributed by atoms with Gasteiger partial charge in [0, 0.05) is 13.0 Å². The molecule has 0 aromatic carbocycles. The molecule has 0 bridgehead atoms. The average Bonchev–Trinajstić information content (AvgIpc) is 1.85. The molecule has 0 aliphatic heterocycles. The molecule has 0 unspecified atom stereocenters. The first kappa shape index (κ1) is 10.8. The van der Waals surface area contributed by atoms with Gasteiger partial charge < -0.3 is 20.4 Å². The van der Waals surface area contributed by atoms with Crippen LogP contribution >= 0.6 is 0 Å². The normalized spacial score (nSPS) is 12.0. The summed E-state index contributed by atoms with van der Waals surface area (Å²) in [7, 11) is 0. The topological polar surface area (TPSA) is 80.9 Å². The third-order valence-corrected chi connectivity index (χ3v) is 1.42. The molecule has 0 atom stereocenters. The van der Waals surface area contributed by atoms with Crippen LogP contribution in [0, 0.1) is 0 Å². The van der Waals surface area contributed by atoms with Crippen molar-refractivity contribution < 1.29 is 20.4 Å². The Morgan fingerprint density at radius 3 is 1.82 bits per heavy atom. The summed E-state index contributed by atoms with van der Waals surface area (Å²) in [4.78, 5) is 0. The molecule has 0 amide bonds. The van der Waals surface area contributed by atoms with Crippen LogP contribution in [-0.2, 0) is 0 Å². The van der Waals surface area contributed by atoms with Gasteiger partial charge in [-0.15, -0.1) is 0 Å². The molecule has 4 nitrogen and oxygen atoms in total. The first-order chi connectivity index (χ1) is 5.06. The van der Waals surface area contributed by atoms with E-state index >= 15 is 0 Å². The van der Waals surface area contributed by atoms with Crippen molar-refractivity contribution in [2.75, 3.05) is 6.61 Å². The van der Waals surface area contributed by atoms with Crippen molar-refractivity contribution in [2.24, 2.45) is 0 Å². The summed E-state index contributed by atoms with van der Waals surface area (Å²) >= 11 is 0. The minimum atomic E-state index is -2.51. The largest absolute Gasteiger partial charge is 0.396 e. The quantitative estimate of drug-likeness (QED) is 0.317. The van der Waals surface area contributed by atoms with Crippen molar-refractivity contribution in [3.63, 3.8) is 0 Å². The van der Waals surface area contributed by atoms with Gasteiger partial charge in [-0.3, -0.25) is 0 Å². The molecule has 0 aromatic heterocycles. The summed E-state index contributed by atoms with van der Waals surface area (Å²) in [6, 6.07) is 0. The highest BCUT2D eigenvalue weighted by Crippen LogP contribution is 2.09. The predicted molar refractivity (Wildman–Crippen MR) is 39.6 cm³/mol. The van der Waals surface area contributed by atoms with Crippen LogP contribution in [0.1, 0.15) is 32.1 Å². The van der Waals surface area contributed by atoms with E-state index in [1.807, 2.05) is 0 Å². The number of unbranched alkanes of at least 4 members (excludes halogenated alkanes) is 3. The average molecular weight is 164 g/mol. The van der Waals surface area contributed by atoms with Crippen LogP contribution in [0.15, 0.2) is 0 Å². The summed E-state index contributed by atoms with van der Waals surface area (Å²) < 4.78 is 0. The SMILES string of the molecule is OCCCCCCC(O)(O)O. The molecular weight excluding hydrogens is 148 g/mol. The van der Waals surface area contributed by atoms with Gasteiger partial charge in [-0.2, -0.15) is 0 Å². The van der Waals surface area contributed by atoms with Crippen LogP contribution in [0.2, 0.25) is 0 Å². The van der Waals surface area contributed by atoms with Gasteiger partial charge in [-0.25, -0.2) is 0 Å². The van der Waals surface area contributed by atoms with Gasteiger partial charge in [0.2, 0.25) is 0 Å². The van der Waals surface area contributed by atoms with Gasteiger partial charge >= 0.3 is 0 Å². The van der Waals surface area contributed by atoms with E-state index in [-0.39, 0.29) is 13.0 Å². The number of rotatable bonds is 6. The smallest absolute Gasteiger partial charge is 0.275 e. The van der Waals surface area contributed by atoms with Crippen LogP contribution in [0.4, 0.5) is 0 Å². The fourth-order valence-electron chi connectivity index (χ4n) is 0.828. The lowest BCUT2D eigenvalue weighted by Gasteiger charge is -2.12. The molecule has 0 saturated heterocycles. The predicted octanol–water partition coefficient (Wildman–Crippen LogP) is -0.440. The van der Waals surface area contributed by atoms with Crippen LogP contribution in [0.25, 0.3) is 0 Å². The molecule has 11 heavy (non-hydrogen) atoms. The Balaban J connectivity index is 3.02. The van der Waals surface area contributed by atoms with E-state index in [9.17, 15) is 0 Å². The Kier molecular flexibility index (Phi) is 5.41. The van der Waals surface area contributed by atoms with Gasteiger partial charge in [0.05, 0.1) is 0 Å². The summed E-state index contributed by atoms with van der Waals surface area (Å²) in [5.41, 5.74) is 0.